The molecule has 1 saturated heterocycles. The van der Waals surface area contributed by atoms with Crippen molar-refractivity contribution in [2.45, 2.75) is 4.90 Å². The number of carbonyl (C=O) groups excluding carboxylic acids is 1. The molecule has 29 heavy (non-hydrogen) atoms. The third-order valence-electron chi connectivity index (χ3n) is 4.70. The lowest BCUT2D eigenvalue weighted by molar-refractivity contribution is 0.0730. The Morgan fingerprint density at radius 3 is 2.48 bits per heavy atom. The molecule has 1 aliphatic heterocycles. The van der Waals surface area contributed by atoms with Gasteiger partial charge < -0.3 is 15.0 Å². The van der Waals surface area contributed by atoms with Crippen LogP contribution in [0.1, 0.15) is 10.4 Å². The average Bonchev–Trinajstić information content (AvgIpc) is 2.74. The molecule has 3 aromatic rings. The molecule has 1 aromatic heterocycles. The second-order valence-corrected chi connectivity index (χ2v) is 8.53. The zero-order valence-corrected chi connectivity index (χ0v) is 16.2. The zero-order chi connectivity index (χ0) is 20.4. The van der Waals surface area contributed by atoms with Gasteiger partial charge in [0, 0.05) is 35.7 Å². The van der Waals surface area contributed by atoms with Crippen molar-refractivity contribution in [3.63, 3.8) is 0 Å². The van der Waals surface area contributed by atoms with Crippen molar-refractivity contribution in [3.8, 4) is 0 Å². The van der Waals surface area contributed by atoms with E-state index in [4.69, 9.17) is 4.74 Å². The number of nitrogens with one attached hydrogen (secondary N) is 2. The maximum Gasteiger partial charge on any atom is 0.256 e. The summed E-state index contributed by atoms with van der Waals surface area (Å²) >= 11 is 0. The lowest BCUT2D eigenvalue weighted by Gasteiger charge is -2.26. The van der Waals surface area contributed by atoms with E-state index in [2.05, 4.69) is 10.3 Å². The summed E-state index contributed by atoms with van der Waals surface area (Å²) in [5.41, 5.74) is 0.616. The third-order valence-corrected chi connectivity index (χ3v) is 6.59. The van der Waals surface area contributed by atoms with E-state index in [1.165, 1.54) is 28.6 Å². The molecule has 8 nitrogen and oxygen atoms in total. The predicted octanol–water partition coefficient (Wildman–Crippen LogP) is 1.80. The van der Waals surface area contributed by atoms with Crippen LogP contribution in [-0.2, 0) is 14.8 Å². The van der Waals surface area contributed by atoms with Crippen molar-refractivity contribution < 1.29 is 17.9 Å². The predicted molar refractivity (Wildman–Crippen MR) is 109 cm³/mol. The normalized spacial score (nSPS) is 15.3. The summed E-state index contributed by atoms with van der Waals surface area (Å²) in [6.07, 6.45) is 0. The van der Waals surface area contributed by atoms with E-state index in [0.29, 0.717) is 29.8 Å². The summed E-state index contributed by atoms with van der Waals surface area (Å²) in [6.45, 7) is 1.22. The maximum atomic E-state index is 13.0. The molecule has 1 amide bonds. The van der Waals surface area contributed by atoms with Crippen LogP contribution in [0.15, 0.2) is 64.3 Å². The quantitative estimate of drug-likeness (QED) is 0.678. The molecule has 0 aliphatic carbocycles. The number of morpholine rings is 1. The second-order valence-electron chi connectivity index (χ2n) is 6.59. The topological polar surface area (TPSA) is 109 Å². The van der Waals surface area contributed by atoms with E-state index in [1.807, 2.05) is 6.07 Å². The second kappa shape index (κ2) is 7.78. The van der Waals surface area contributed by atoms with Crippen LogP contribution in [0, 0.1) is 0 Å². The van der Waals surface area contributed by atoms with Crippen molar-refractivity contribution in [2.75, 3.05) is 31.6 Å². The highest BCUT2D eigenvalue weighted by atomic mass is 32.2. The number of para-hydroxylation sites is 1. The minimum atomic E-state index is -3.74. The minimum Gasteiger partial charge on any atom is -0.379 e. The lowest BCUT2D eigenvalue weighted by atomic mass is 10.1. The van der Waals surface area contributed by atoms with Crippen LogP contribution in [0.2, 0.25) is 0 Å². The van der Waals surface area contributed by atoms with Gasteiger partial charge in [0.15, 0.2) is 0 Å². The standard InChI is InChI=1S/C20H19N3O5S/c24-19-13-17(20(25)21-14-4-2-1-3-5-14)16-12-15(6-7-18(16)22-19)29(26,27)23-8-10-28-11-9-23/h1-7,12-13H,8-11H2,(H,21,25)(H,22,24). The lowest BCUT2D eigenvalue weighted by Crippen LogP contribution is -2.40. The molecule has 150 valence electrons. The van der Waals surface area contributed by atoms with Gasteiger partial charge in [-0.15, -0.1) is 0 Å². The molecule has 0 unspecified atom stereocenters. The fraction of sp³-hybridized carbons (Fsp3) is 0.200. The number of hydrogen-bond acceptors (Lipinski definition) is 5. The molecular formula is C20H19N3O5S. The fourth-order valence-corrected chi connectivity index (χ4v) is 4.67. The van der Waals surface area contributed by atoms with Crippen LogP contribution in [0.25, 0.3) is 10.9 Å². The Hall–Kier alpha value is -3.01. The average molecular weight is 413 g/mol. The highest BCUT2D eigenvalue weighted by molar-refractivity contribution is 7.89. The Labute approximate surface area is 167 Å². The summed E-state index contributed by atoms with van der Waals surface area (Å²) in [5.74, 6) is -0.492. The molecule has 0 saturated carbocycles. The number of aromatic nitrogens is 1. The highest BCUT2D eigenvalue weighted by Crippen LogP contribution is 2.24. The number of hydrogen-bond donors (Lipinski definition) is 2. The van der Waals surface area contributed by atoms with Crippen molar-refractivity contribution in [3.05, 3.63) is 70.5 Å². The van der Waals surface area contributed by atoms with Crippen LogP contribution < -0.4 is 10.9 Å². The van der Waals surface area contributed by atoms with E-state index >= 15 is 0 Å². The number of nitrogens with zero attached hydrogens (tertiary/aromatic N) is 1. The Kier molecular flexibility index (Phi) is 5.18. The van der Waals surface area contributed by atoms with Crippen molar-refractivity contribution in [1.29, 1.82) is 0 Å². The molecule has 0 bridgehead atoms. The molecule has 2 aromatic carbocycles. The van der Waals surface area contributed by atoms with Crippen LogP contribution in [-0.4, -0.2) is 49.9 Å². The number of rotatable bonds is 4. The zero-order valence-electron chi connectivity index (χ0n) is 15.4. The molecule has 2 N–H and O–H groups in total. The molecular weight excluding hydrogens is 394 g/mol. The summed E-state index contributed by atoms with van der Waals surface area (Å²) < 4.78 is 32.5. The Balaban J connectivity index is 1.77. The fourth-order valence-electron chi connectivity index (χ4n) is 3.24. The minimum absolute atomic E-state index is 0.0627. The van der Waals surface area contributed by atoms with Gasteiger partial charge in [-0.25, -0.2) is 8.42 Å². The molecule has 2 heterocycles. The largest absolute Gasteiger partial charge is 0.379 e. The van der Waals surface area contributed by atoms with E-state index < -0.39 is 21.5 Å². The first-order valence-corrected chi connectivity index (χ1v) is 10.5. The summed E-state index contributed by atoms with van der Waals surface area (Å²) in [7, 11) is -3.74. The van der Waals surface area contributed by atoms with Gasteiger partial charge in [0.2, 0.25) is 15.6 Å². The number of benzene rings is 2. The van der Waals surface area contributed by atoms with Crippen LogP contribution >= 0.6 is 0 Å². The number of carbonyl (C=O) groups is 1. The van der Waals surface area contributed by atoms with Gasteiger partial charge in [-0.1, -0.05) is 18.2 Å². The number of ether oxygens (including phenoxy) is 1. The number of pyridine rings is 1. The molecule has 1 aliphatic rings. The number of sulfonamides is 1. The number of fused-ring (bicyclic) bond motifs is 1. The third kappa shape index (κ3) is 3.93. The van der Waals surface area contributed by atoms with E-state index in [1.54, 1.807) is 24.3 Å². The van der Waals surface area contributed by atoms with Gasteiger partial charge in [0.1, 0.15) is 0 Å². The first-order valence-electron chi connectivity index (χ1n) is 9.06. The number of aromatic amines is 1. The number of H-pyrrole nitrogens is 1. The molecule has 0 atom stereocenters. The Morgan fingerprint density at radius 1 is 1.03 bits per heavy atom. The Bertz CT molecular complexity index is 1220. The van der Waals surface area contributed by atoms with Gasteiger partial charge in [-0.2, -0.15) is 4.31 Å². The van der Waals surface area contributed by atoms with E-state index in [0.717, 1.165) is 0 Å². The van der Waals surface area contributed by atoms with Crippen LogP contribution in [0.4, 0.5) is 5.69 Å². The van der Waals surface area contributed by atoms with Crippen molar-refractivity contribution in [1.82, 2.24) is 9.29 Å². The maximum absolute atomic E-state index is 13.0. The molecule has 1 fully saturated rings. The smallest absolute Gasteiger partial charge is 0.256 e. The van der Waals surface area contributed by atoms with Gasteiger partial charge in [0.25, 0.3) is 5.91 Å². The van der Waals surface area contributed by atoms with Gasteiger partial charge in [-0.05, 0) is 30.3 Å². The molecule has 9 heteroatoms. The van der Waals surface area contributed by atoms with E-state index in [9.17, 15) is 18.0 Å². The first kappa shape index (κ1) is 19.3. The van der Waals surface area contributed by atoms with Crippen molar-refractivity contribution >= 4 is 32.5 Å². The Morgan fingerprint density at radius 2 is 1.76 bits per heavy atom. The van der Waals surface area contributed by atoms with Gasteiger partial charge >= 0.3 is 0 Å². The number of amides is 1. The molecule has 4 rings (SSSR count). The molecule has 0 spiro atoms. The van der Waals surface area contributed by atoms with Gasteiger partial charge in [-0.3, -0.25) is 9.59 Å². The van der Waals surface area contributed by atoms with Gasteiger partial charge in [0.05, 0.1) is 23.7 Å². The summed E-state index contributed by atoms with van der Waals surface area (Å²) in [5, 5.41) is 3.09. The monoisotopic (exact) mass is 413 g/mol. The molecule has 0 radical (unpaired) electrons. The SMILES string of the molecule is O=C(Nc1ccccc1)c1cc(=O)[nH]c2ccc(S(=O)(=O)N3CCOCC3)cc12. The van der Waals surface area contributed by atoms with Crippen LogP contribution in [0.5, 0.6) is 0 Å². The van der Waals surface area contributed by atoms with E-state index in [-0.39, 0.29) is 23.5 Å². The van der Waals surface area contributed by atoms with Crippen LogP contribution in [0.3, 0.4) is 0 Å². The summed E-state index contributed by atoms with van der Waals surface area (Å²) in [6, 6.07) is 14.4. The van der Waals surface area contributed by atoms with Crippen molar-refractivity contribution in [2.24, 2.45) is 0 Å². The first-order chi connectivity index (χ1) is 13.9. The number of anilines is 1. The summed E-state index contributed by atoms with van der Waals surface area (Å²) in [4.78, 5) is 27.5. The highest BCUT2D eigenvalue weighted by Gasteiger charge is 2.27.